The average molecular weight is 293 g/mol. The molecule has 0 saturated carbocycles. The number of ether oxygens (including phenoxy) is 2. The zero-order chi connectivity index (χ0) is 14.9. The maximum Gasteiger partial charge on any atom is 0.216 e. The summed E-state index contributed by atoms with van der Waals surface area (Å²) in [6.07, 6.45) is 8.96. The number of aromatic nitrogens is 2. The molecular weight excluding hydrogens is 266 g/mol. The third kappa shape index (κ3) is 5.25. The molecule has 2 heterocycles. The summed E-state index contributed by atoms with van der Waals surface area (Å²) in [7, 11) is 1.64. The molecular formula is C16H27N3O2. The first-order valence-electron chi connectivity index (χ1n) is 8.04. The molecule has 5 heteroatoms. The number of nitrogens with zero attached hydrogens (tertiary/aromatic N) is 2. The molecule has 1 aliphatic heterocycles. The molecule has 2 rings (SSSR count). The van der Waals surface area contributed by atoms with Crippen molar-refractivity contribution in [3.8, 4) is 5.88 Å². The predicted octanol–water partition coefficient (Wildman–Crippen LogP) is 2.88. The molecule has 1 aromatic heterocycles. The number of rotatable bonds is 9. The minimum atomic E-state index is 0.267. The van der Waals surface area contributed by atoms with E-state index >= 15 is 0 Å². The van der Waals surface area contributed by atoms with Crippen molar-refractivity contribution in [1.82, 2.24) is 15.3 Å². The van der Waals surface area contributed by atoms with E-state index in [4.69, 9.17) is 9.47 Å². The molecule has 1 fully saturated rings. The topological polar surface area (TPSA) is 56.3 Å². The van der Waals surface area contributed by atoms with Crippen LogP contribution < -0.4 is 10.1 Å². The van der Waals surface area contributed by atoms with Gasteiger partial charge in [-0.2, -0.15) is 0 Å². The van der Waals surface area contributed by atoms with Gasteiger partial charge in [0.2, 0.25) is 5.88 Å². The smallest absolute Gasteiger partial charge is 0.216 e. The summed E-state index contributed by atoms with van der Waals surface area (Å²) < 4.78 is 10.9. The second-order valence-corrected chi connectivity index (χ2v) is 5.56. The molecule has 0 aromatic carbocycles. The molecule has 2 atom stereocenters. The van der Waals surface area contributed by atoms with Crippen molar-refractivity contribution in [2.24, 2.45) is 0 Å². The van der Waals surface area contributed by atoms with Gasteiger partial charge in [-0.05, 0) is 45.1 Å². The molecule has 1 N–H and O–H groups in total. The van der Waals surface area contributed by atoms with Crippen molar-refractivity contribution >= 4 is 0 Å². The molecule has 5 nitrogen and oxygen atoms in total. The molecule has 1 aliphatic rings. The van der Waals surface area contributed by atoms with Gasteiger partial charge in [-0.1, -0.05) is 6.92 Å². The molecule has 0 spiro atoms. The van der Waals surface area contributed by atoms with Gasteiger partial charge in [0.1, 0.15) is 6.33 Å². The van der Waals surface area contributed by atoms with Crippen molar-refractivity contribution < 1.29 is 9.47 Å². The summed E-state index contributed by atoms with van der Waals surface area (Å²) >= 11 is 0. The fourth-order valence-corrected chi connectivity index (χ4v) is 2.75. The normalized spacial score (nSPS) is 19.6. The Morgan fingerprint density at radius 1 is 1.48 bits per heavy atom. The molecule has 0 radical (unpaired) electrons. The predicted molar refractivity (Wildman–Crippen MR) is 82.4 cm³/mol. The Balaban J connectivity index is 1.89. The highest BCUT2D eigenvalue weighted by atomic mass is 16.5. The van der Waals surface area contributed by atoms with Gasteiger partial charge in [-0.25, -0.2) is 9.97 Å². The van der Waals surface area contributed by atoms with Gasteiger partial charge in [0.15, 0.2) is 0 Å². The lowest BCUT2D eigenvalue weighted by atomic mass is 10.0. The Hall–Kier alpha value is -1.20. The maximum absolute atomic E-state index is 5.69. The standard InChI is InChI=1S/C16H27N3O2/c1-3-9-17-14(8-4-6-13-7-5-10-21-13)15-11-16(20-2)19-12-18-15/h11-14,17H,3-10H2,1-2H3. The minimum absolute atomic E-state index is 0.267. The highest BCUT2D eigenvalue weighted by Crippen LogP contribution is 2.23. The van der Waals surface area contributed by atoms with Crippen molar-refractivity contribution in [3.05, 3.63) is 18.1 Å². The van der Waals surface area contributed by atoms with Crippen LogP contribution in [0.1, 0.15) is 57.2 Å². The minimum Gasteiger partial charge on any atom is -0.481 e. The van der Waals surface area contributed by atoms with E-state index in [1.54, 1.807) is 13.4 Å². The van der Waals surface area contributed by atoms with E-state index in [2.05, 4.69) is 22.2 Å². The van der Waals surface area contributed by atoms with Crippen LogP contribution in [-0.2, 0) is 4.74 Å². The molecule has 1 saturated heterocycles. The summed E-state index contributed by atoms with van der Waals surface area (Å²) in [5.74, 6) is 0.627. The first-order chi connectivity index (χ1) is 10.3. The Morgan fingerprint density at radius 2 is 2.38 bits per heavy atom. The average Bonchev–Trinajstić information content (AvgIpc) is 3.04. The van der Waals surface area contributed by atoms with E-state index in [-0.39, 0.29) is 6.04 Å². The third-order valence-electron chi connectivity index (χ3n) is 3.91. The summed E-state index contributed by atoms with van der Waals surface area (Å²) in [6.45, 7) is 4.11. The highest BCUT2D eigenvalue weighted by molar-refractivity contribution is 5.16. The highest BCUT2D eigenvalue weighted by Gasteiger charge is 2.18. The lowest BCUT2D eigenvalue weighted by Gasteiger charge is -2.19. The summed E-state index contributed by atoms with van der Waals surface area (Å²) in [6, 6.07) is 2.20. The van der Waals surface area contributed by atoms with Crippen LogP contribution >= 0.6 is 0 Å². The molecule has 0 bridgehead atoms. The summed E-state index contributed by atoms with van der Waals surface area (Å²) in [4.78, 5) is 8.49. The van der Waals surface area contributed by atoms with Crippen molar-refractivity contribution in [2.75, 3.05) is 20.3 Å². The molecule has 0 aliphatic carbocycles. The fraction of sp³-hybridized carbons (Fsp3) is 0.750. The van der Waals surface area contributed by atoms with Gasteiger partial charge in [0.05, 0.1) is 18.9 Å². The van der Waals surface area contributed by atoms with Gasteiger partial charge < -0.3 is 14.8 Å². The third-order valence-corrected chi connectivity index (χ3v) is 3.91. The van der Waals surface area contributed by atoms with Gasteiger partial charge >= 0.3 is 0 Å². The van der Waals surface area contributed by atoms with Gasteiger partial charge in [-0.3, -0.25) is 0 Å². The van der Waals surface area contributed by atoms with Crippen LogP contribution in [0.3, 0.4) is 0 Å². The second-order valence-electron chi connectivity index (χ2n) is 5.56. The van der Waals surface area contributed by atoms with E-state index < -0.39 is 0 Å². The Labute approximate surface area is 127 Å². The lowest BCUT2D eigenvalue weighted by molar-refractivity contribution is 0.101. The molecule has 21 heavy (non-hydrogen) atoms. The van der Waals surface area contributed by atoms with E-state index in [1.807, 2.05) is 6.07 Å². The SMILES string of the molecule is CCCNC(CCCC1CCCO1)c1cc(OC)ncn1. The Morgan fingerprint density at radius 3 is 3.10 bits per heavy atom. The van der Waals surface area contributed by atoms with E-state index in [0.29, 0.717) is 12.0 Å². The quantitative estimate of drug-likeness (QED) is 0.758. The van der Waals surface area contributed by atoms with Gasteiger partial charge in [-0.15, -0.1) is 0 Å². The van der Waals surface area contributed by atoms with Crippen molar-refractivity contribution in [1.29, 1.82) is 0 Å². The maximum atomic E-state index is 5.69. The monoisotopic (exact) mass is 293 g/mol. The molecule has 0 amide bonds. The summed E-state index contributed by atoms with van der Waals surface area (Å²) in [5, 5.41) is 3.58. The van der Waals surface area contributed by atoms with E-state index in [1.165, 1.54) is 12.8 Å². The van der Waals surface area contributed by atoms with Crippen LogP contribution in [0.5, 0.6) is 5.88 Å². The van der Waals surface area contributed by atoms with Crippen molar-refractivity contribution in [2.45, 2.75) is 57.6 Å². The van der Waals surface area contributed by atoms with Crippen molar-refractivity contribution in [3.63, 3.8) is 0 Å². The zero-order valence-electron chi connectivity index (χ0n) is 13.2. The van der Waals surface area contributed by atoms with Crippen LogP contribution in [0, 0.1) is 0 Å². The first kappa shape index (κ1) is 16.2. The van der Waals surface area contributed by atoms with Gasteiger partial charge in [0.25, 0.3) is 0 Å². The first-order valence-corrected chi connectivity index (χ1v) is 8.04. The lowest BCUT2D eigenvalue weighted by Crippen LogP contribution is -2.23. The van der Waals surface area contributed by atoms with Crippen LogP contribution in [0.2, 0.25) is 0 Å². The molecule has 1 aromatic rings. The largest absolute Gasteiger partial charge is 0.481 e. The van der Waals surface area contributed by atoms with E-state index in [9.17, 15) is 0 Å². The van der Waals surface area contributed by atoms with Crippen LogP contribution in [-0.4, -0.2) is 36.3 Å². The molecule has 2 unspecified atom stereocenters. The van der Waals surface area contributed by atoms with Crippen LogP contribution in [0.4, 0.5) is 0 Å². The van der Waals surface area contributed by atoms with Gasteiger partial charge in [0, 0.05) is 18.7 Å². The number of methoxy groups -OCH3 is 1. The fourth-order valence-electron chi connectivity index (χ4n) is 2.75. The van der Waals surface area contributed by atoms with Crippen LogP contribution in [0.25, 0.3) is 0 Å². The Bertz CT molecular complexity index is 408. The second kappa shape index (κ2) is 8.95. The number of nitrogens with one attached hydrogen (secondary N) is 1. The number of hydrogen-bond donors (Lipinski definition) is 1. The van der Waals surface area contributed by atoms with Crippen LogP contribution in [0.15, 0.2) is 12.4 Å². The Kier molecular flexibility index (Phi) is 6.89. The van der Waals surface area contributed by atoms with E-state index in [0.717, 1.165) is 44.5 Å². The zero-order valence-corrected chi connectivity index (χ0v) is 13.2. The summed E-state index contributed by atoms with van der Waals surface area (Å²) in [5.41, 5.74) is 1.02. The molecule has 118 valence electrons. The number of hydrogen-bond acceptors (Lipinski definition) is 5.